The molecular weight excluding hydrogens is 345 g/mol. The van der Waals surface area contributed by atoms with Gasteiger partial charge >= 0.3 is 0 Å². The van der Waals surface area contributed by atoms with Crippen LogP contribution in [0.15, 0.2) is 48.7 Å². The third-order valence-electron chi connectivity index (χ3n) is 3.89. The summed E-state index contributed by atoms with van der Waals surface area (Å²) in [5.41, 5.74) is 3.23. The lowest BCUT2D eigenvalue weighted by atomic mass is 10.2. The van der Waals surface area contributed by atoms with Crippen molar-refractivity contribution in [3.05, 3.63) is 64.3 Å². The Labute approximate surface area is 149 Å². The van der Waals surface area contributed by atoms with Crippen LogP contribution in [0, 0.1) is 0 Å². The summed E-state index contributed by atoms with van der Waals surface area (Å²) < 4.78 is 0. The van der Waals surface area contributed by atoms with E-state index in [2.05, 4.69) is 43.6 Å². The highest BCUT2D eigenvalue weighted by atomic mass is 35.5. The van der Waals surface area contributed by atoms with E-state index in [-0.39, 0.29) is 0 Å². The molecule has 24 heavy (non-hydrogen) atoms. The number of nitrogens with zero attached hydrogens (tertiary/aromatic N) is 4. The smallest absolute Gasteiger partial charge is 0.249 e. The Morgan fingerprint density at radius 3 is 2.79 bits per heavy atom. The first kappa shape index (κ1) is 15.2. The van der Waals surface area contributed by atoms with Gasteiger partial charge in [-0.3, -0.25) is 0 Å². The molecule has 0 radical (unpaired) electrons. The highest BCUT2D eigenvalue weighted by Gasteiger charge is 2.21. The van der Waals surface area contributed by atoms with Crippen LogP contribution in [-0.4, -0.2) is 21.7 Å². The van der Waals surface area contributed by atoms with Crippen molar-refractivity contribution in [1.29, 1.82) is 0 Å². The minimum absolute atomic E-state index is 0.412. The molecule has 2 heterocycles. The van der Waals surface area contributed by atoms with Crippen LogP contribution in [-0.2, 0) is 6.42 Å². The van der Waals surface area contributed by atoms with Crippen LogP contribution in [0.3, 0.4) is 0 Å². The molecule has 0 fully saturated rings. The van der Waals surface area contributed by atoms with Crippen LogP contribution < -0.4 is 10.2 Å². The van der Waals surface area contributed by atoms with Crippen molar-refractivity contribution in [2.45, 2.75) is 6.42 Å². The summed E-state index contributed by atoms with van der Waals surface area (Å²) in [6, 6.07) is 13.6. The average molecular weight is 358 g/mol. The van der Waals surface area contributed by atoms with Crippen molar-refractivity contribution in [2.75, 3.05) is 16.8 Å². The fourth-order valence-electron chi connectivity index (χ4n) is 2.76. The molecule has 0 saturated heterocycles. The minimum Gasteiger partial charge on any atom is -0.324 e. The average Bonchev–Trinajstić information content (AvgIpc) is 3.03. The second-order valence-electron chi connectivity index (χ2n) is 5.42. The lowest BCUT2D eigenvalue weighted by Gasteiger charge is -2.18. The summed E-state index contributed by atoms with van der Waals surface area (Å²) in [7, 11) is 0. The van der Waals surface area contributed by atoms with E-state index in [1.165, 1.54) is 11.3 Å². The largest absolute Gasteiger partial charge is 0.324 e. The molecule has 4 rings (SSSR count). The van der Waals surface area contributed by atoms with Gasteiger partial charge in [-0.15, -0.1) is 5.10 Å². The summed E-state index contributed by atoms with van der Waals surface area (Å²) >= 11 is 12.0. The van der Waals surface area contributed by atoms with E-state index in [9.17, 15) is 0 Å². The van der Waals surface area contributed by atoms with Crippen molar-refractivity contribution in [3.8, 4) is 0 Å². The highest BCUT2D eigenvalue weighted by molar-refractivity contribution is 6.42. The maximum Gasteiger partial charge on any atom is 0.249 e. The van der Waals surface area contributed by atoms with Gasteiger partial charge in [0.1, 0.15) is 0 Å². The Balaban J connectivity index is 1.61. The molecule has 1 aromatic heterocycles. The Kier molecular flexibility index (Phi) is 3.96. The van der Waals surface area contributed by atoms with Crippen LogP contribution in [0.5, 0.6) is 0 Å². The zero-order chi connectivity index (χ0) is 16.5. The van der Waals surface area contributed by atoms with Crippen molar-refractivity contribution < 1.29 is 0 Å². The van der Waals surface area contributed by atoms with Crippen molar-refractivity contribution >= 4 is 46.3 Å². The summed E-state index contributed by atoms with van der Waals surface area (Å²) in [6.45, 7) is 0.879. The molecule has 2 aromatic carbocycles. The summed E-state index contributed by atoms with van der Waals surface area (Å²) in [5, 5.41) is 12.2. The number of benzene rings is 2. The molecule has 0 unspecified atom stereocenters. The van der Waals surface area contributed by atoms with Gasteiger partial charge in [0.25, 0.3) is 0 Å². The minimum atomic E-state index is 0.412. The van der Waals surface area contributed by atoms with Gasteiger partial charge in [0.2, 0.25) is 5.95 Å². The Hall–Kier alpha value is -2.37. The fourth-order valence-corrected chi connectivity index (χ4v) is 3.06. The lowest BCUT2D eigenvalue weighted by molar-refractivity contribution is 0.920. The van der Waals surface area contributed by atoms with Crippen LogP contribution in [0.25, 0.3) is 0 Å². The molecule has 1 N–H and O–H groups in total. The van der Waals surface area contributed by atoms with Gasteiger partial charge in [0.05, 0.1) is 16.2 Å². The van der Waals surface area contributed by atoms with Crippen molar-refractivity contribution in [3.63, 3.8) is 0 Å². The first-order chi connectivity index (χ1) is 11.7. The second kappa shape index (κ2) is 6.26. The predicted molar refractivity (Wildman–Crippen MR) is 96.7 cm³/mol. The topological polar surface area (TPSA) is 53.9 Å². The molecule has 3 aromatic rings. The zero-order valence-corrected chi connectivity index (χ0v) is 14.1. The van der Waals surface area contributed by atoms with E-state index in [1.54, 1.807) is 18.3 Å². The van der Waals surface area contributed by atoms with Crippen LogP contribution in [0.2, 0.25) is 10.0 Å². The van der Waals surface area contributed by atoms with Gasteiger partial charge in [-0.2, -0.15) is 10.1 Å². The summed E-state index contributed by atoms with van der Waals surface area (Å²) in [4.78, 5) is 6.71. The molecule has 1 aliphatic rings. The van der Waals surface area contributed by atoms with Gasteiger partial charge in [-0.1, -0.05) is 41.4 Å². The molecule has 0 saturated carbocycles. The van der Waals surface area contributed by atoms with Crippen molar-refractivity contribution in [1.82, 2.24) is 15.2 Å². The molecule has 0 spiro atoms. The van der Waals surface area contributed by atoms with Gasteiger partial charge in [0, 0.05) is 17.9 Å². The molecule has 5 nitrogen and oxygen atoms in total. The molecule has 0 bridgehead atoms. The third kappa shape index (κ3) is 2.88. The number of halogens is 2. The molecule has 0 atom stereocenters. The van der Waals surface area contributed by atoms with Crippen LogP contribution in [0.1, 0.15) is 5.56 Å². The summed E-state index contributed by atoms with van der Waals surface area (Å²) in [6.07, 6.45) is 2.66. The number of hydrogen-bond acceptors (Lipinski definition) is 5. The first-order valence-corrected chi connectivity index (χ1v) is 8.23. The highest BCUT2D eigenvalue weighted by Crippen LogP contribution is 2.33. The normalized spacial score (nSPS) is 13.0. The van der Waals surface area contributed by atoms with E-state index >= 15 is 0 Å². The zero-order valence-electron chi connectivity index (χ0n) is 12.6. The van der Waals surface area contributed by atoms with E-state index in [4.69, 9.17) is 23.2 Å². The van der Waals surface area contributed by atoms with Crippen LogP contribution >= 0.6 is 23.2 Å². The maximum atomic E-state index is 6.03. The van der Waals surface area contributed by atoms with Gasteiger partial charge < -0.3 is 10.2 Å². The number of anilines is 4. The van der Waals surface area contributed by atoms with E-state index in [0.29, 0.717) is 16.0 Å². The number of rotatable bonds is 3. The SMILES string of the molecule is Clc1ccc(Nc2nncc(N3CCc4ccccc43)n2)cc1Cl. The Morgan fingerprint density at radius 2 is 1.92 bits per heavy atom. The molecule has 0 amide bonds. The number of aromatic nitrogens is 3. The summed E-state index contributed by atoms with van der Waals surface area (Å²) in [5.74, 6) is 1.17. The Morgan fingerprint density at radius 1 is 1.04 bits per heavy atom. The van der Waals surface area contributed by atoms with E-state index in [0.717, 1.165) is 24.5 Å². The fraction of sp³-hybridized carbons (Fsp3) is 0.118. The van der Waals surface area contributed by atoms with Crippen molar-refractivity contribution in [2.24, 2.45) is 0 Å². The van der Waals surface area contributed by atoms with Gasteiger partial charge in [0.15, 0.2) is 5.82 Å². The number of nitrogens with one attached hydrogen (secondary N) is 1. The maximum absolute atomic E-state index is 6.03. The van der Waals surface area contributed by atoms with E-state index < -0.39 is 0 Å². The standard InChI is InChI=1S/C17H13Cl2N5/c18-13-6-5-12(9-14(13)19)21-17-22-16(10-20-23-17)24-8-7-11-3-1-2-4-15(11)24/h1-6,9-10H,7-8H2,(H,21,22,23). The van der Waals surface area contributed by atoms with Gasteiger partial charge in [-0.25, -0.2) is 0 Å². The molecular formula is C17H13Cl2N5. The third-order valence-corrected chi connectivity index (χ3v) is 4.62. The van der Waals surface area contributed by atoms with Crippen LogP contribution in [0.4, 0.5) is 23.1 Å². The number of fused-ring (bicyclic) bond motifs is 1. The first-order valence-electron chi connectivity index (χ1n) is 7.48. The number of para-hydroxylation sites is 1. The van der Waals surface area contributed by atoms with E-state index in [1.807, 2.05) is 12.1 Å². The second-order valence-corrected chi connectivity index (χ2v) is 6.24. The molecule has 1 aliphatic heterocycles. The predicted octanol–water partition coefficient (Wildman–Crippen LogP) is 4.62. The van der Waals surface area contributed by atoms with Gasteiger partial charge in [-0.05, 0) is 36.2 Å². The molecule has 7 heteroatoms. The molecule has 0 aliphatic carbocycles. The lowest BCUT2D eigenvalue weighted by Crippen LogP contribution is -2.16. The molecule has 120 valence electrons. The quantitative estimate of drug-likeness (QED) is 0.741. The monoisotopic (exact) mass is 357 g/mol. The number of hydrogen-bond donors (Lipinski definition) is 1. The Bertz CT molecular complexity index is 900.